The molecule has 0 aromatic rings. The normalized spacial score (nSPS) is 25.4. The molecule has 0 saturated heterocycles. The molecule has 1 aliphatic carbocycles. The van der Waals surface area contributed by atoms with E-state index in [9.17, 15) is 0 Å². The molecule has 1 rings (SSSR count). The first kappa shape index (κ1) is 9.05. The van der Waals surface area contributed by atoms with Gasteiger partial charge in [-0.3, -0.25) is 0 Å². The highest BCUT2D eigenvalue weighted by Gasteiger charge is 2.36. The number of hydrogen-bond acceptors (Lipinski definition) is 1. The van der Waals surface area contributed by atoms with Gasteiger partial charge in [-0.05, 0) is 38.6 Å². The van der Waals surface area contributed by atoms with E-state index in [0.717, 1.165) is 0 Å². The van der Waals surface area contributed by atoms with E-state index in [-0.39, 0.29) is 0 Å². The van der Waals surface area contributed by atoms with Crippen molar-refractivity contribution in [2.24, 2.45) is 5.41 Å². The van der Waals surface area contributed by atoms with E-state index in [1.807, 2.05) is 0 Å². The van der Waals surface area contributed by atoms with Gasteiger partial charge in [0.25, 0.3) is 0 Å². The highest BCUT2D eigenvalue weighted by molar-refractivity contribution is 4.90. The van der Waals surface area contributed by atoms with Crippen LogP contribution in [0, 0.1) is 5.41 Å². The van der Waals surface area contributed by atoms with Crippen LogP contribution < -0.4 is 5.32 Å². The fraction of sp³-hybridized carbons (Fsp3) is 1.00. The Hall–Kier alpha value is -0.0400. The standard InChI is InChI=1S/C10H21N/c1-4-10(9(2)11-3)7-5-6-8-10/h9,11H,4-8H2,1-3H3. The molecule has 0 aromatic heterocycles. The summed E-state index contributed by atoms with van der Waals surface area (Å²) in [6, 6.07) is 0.704. The second-order valence-electron chi connectivity index (χ2n) is 3.93. The van der Waals surface area contributed by atoms with Crippen molar-refractivity contribution in [3.63, 3.8) is 0 Å². The molecule has 0 spiro atoms. The summed E-state index contributed by atoms with van der Waals surface area (Å²) in [6.07, 6.45) is 7.10. The van der Waals surface area contributed by atoms with Crippen molar-refractivity contribution in [2.75, 3.05) is 7.05 Å². The fourth-order valence-corrected chi connectivity index (χ4v) is 2.48. The number of hydrogen-bond donors (Lipinski definition) is 1. The van der Waals surface area contributed by atoms with Crippen molar-refractivity contribution in [2.45, 2.75) is 52.0 Å². The molecular weight excluding hydrogens is 134 g/mol. The Morgan fingerprint density at radius 1 is 1.36 bits per heavy atom. The summed E-state index contributed by atoms with van der Waals surface area (Å²) in [5.41, 5.74) is 0.634. The first-order valence-corrected chi connectivity index (χ1v) is 4.92. The minimum atomic E-state index is 0.634. The molecule has 0 radical (unpaired) electrons. The van der Waals surface area contributed by atoms with Crippen molar-refractivity contribution in [3.8, 4) is 0 Å². The zero-order valence-electron chi connectivity index (χ0n) is 8.11. The van der Waals surface area contributed by atoms with Crippen molar-refractivity contribution in [1.29, 1.82) is 0 Å². The lowest BCUT2D eigenvalue weighted by atomic mass is 9.77. The molecule has 1 fully saturated rings. The Morgan fingerprint density at radius 3 is 2.27 bits per heavy atom. The van der Waals surface area contributed by atoms with Crippen LogP contribution in [-0.4, -0.2) is 13.1 Å². The quantitative estimate of drug-likeness (QED) is 0.660. The Bertz CT molecular complexity index is 114. The Kier molecular flexibility index (Phi) is 2.94. The fourth-order valence-electron chi connectivity index (χ4n) is 2.48. The Morgan fingerprint density at radius 2 is 1.91 bits per heavy atom. The average Bonchev–Trinajstić information content (AvgIpc) is 2.52. The molecule has 1 nitrogen and oxygen atoms in total. The van der Waals surface area contributed by atoms with Gasteiger partial charge in [-0.2, -0.15) is 0 Å². The predicted molar refractivity (Wildman–Crippen MR) is 49.7 cm³/mol. The third kappa shape index (κ3) is 1.58. The highest BCUT2D eigenvalue weighted by Crippen LogP contribution is 2.43. The number of nitrogens with one attached hydrogen (secondary N) is 1. The molecule has 0 aliphatic heterocycles. The molecule has 0 heterocycles. The van der Waals surface area contributed by atoms with E-state index in [1.54, 1.807) is 0 Å². The summed E-state index contributed by atoms with van der Waals surface area (Å²) in [6.45, 7) is 4.66. The second kappa shape index (κ2) is 3.57. The van der Waals surface area contributed by atoms with Crippen LogP contribution in [0.15, 0.2) is 0 Å². The van der Waals surface area contributed by atoms with Crippen LogP contribution >= 0.6 is 0 Å². The van der Waals surface area contributed by atoms with Gasteiger partial charge in [-0.25, -0.2) is 0 Å². The van der Waals surface area contributed by atoms with Gasteiger partial charge in [0.15, 0.2) is 0 Å². The largest absolute Gasteiger partial charge is 0.317 e. The topological polar surface area (TPSA) is 12.0 Å². The minimum absolute atomic E-state index is 0.634. The molecule has 1 unspecified atom stereocenters. The van der Waals surface area contributed by atoms with Crippen molar-refractivity contribution >= 4 is 0 Å². The van der Waals surface area contributed by atoms with E-state index in [0.29, 0.717) is 11.5 Å². The molecule has 0 bridgehead atoms. The second-order valence-corrected chi connectivity index (χ2v) is 3.93. The Balaban J connectivity index is 2.58. The molecule has 1 saturated carbocycles. The van der Waals surface area contributed by atoms with E-state index >= 15 is 0 Å². The van der Waals surface area contributed by atoms with Crippen LogP contribution in [0.1, 0.15) is 46.0 Å². The van der Waals surface area contributed by atoms with Gasteiger partial charge < -0.3 is 5.32 Å². The zero-order valence-corrected chi connectivity index (χ0v) is 8.11. The third-order valence-electron chi connectivity index (χ3n) is 3.66. The first-order valence-electron chi connectivity index (χ1n) is 4.92. The zero-order chi connectivity index (χ0) is 8.32. The molecule has 11 heavy (non-hydrogen) atoms. The maximum absolute atomic E-state index is 3.40. The summed E-state index contributed by atoms with van der Waals surface area (Å²) in [5, 5.41) is 3.40. The molecule has 1 atom stereocenters. The summed E-state index contributed by atoms with van der Waals surface area (Å²) in [7, 11) is 2.08. The van der Waals surface area contributed by atoms with Gasteiger partial charge in [0.05, 0.1) is 0 Å². The lowest BCUT2D eigenvalue weighted by molar-refractivity contribution is 0.207. The summed E-state index contributed by atoms with van der Waals surface area (Å²) >= 11 is 0. The van der Waals surface area contributed by atoms with Gasteiger partial charge in [-0.1, -0.05) is 19.8 Å². The summed E-state index contributed by atoms with van der Waals surface area (Å²) < 4.78 is 0. The molecule has 66 valence electrons. The van der Waals surface area contributed by atoms with Crippen molar-refractivity contribution in [3.05, 3.63) is 0 Å². The maximum atomic E-state index is 3.40. The van der Waals surface area contributed by atoms with E-state index in [1.165, 1.54) is 32.1 Å². The average molecular weight is 155 g/mol. The number of rotatable bonds is 3. The molecule has 1 aliphatic rings. The van der Waals surface area contributed by atoms with Crippen LogP contribution in [0.4, 0.5) is 0 Å². The molecule has 0 aromatic carbocycles. The van der Waals surface area contributed by atoms with Crippen molar-refractivity contribution in [1.82, 2.24) is 5.32 Å². The lowest BCUT2D eigenvalue weighted by Crippen LogP contribution is -2.39. The van der Waals surface area contributed by atoms with E-state index in [2.05, 4.69) is 26.2 Å². The smallest absolute Gasteiger partial charge is 0.00920 e. The van der Waals surface area contributed by atoms with E-state index in [4.69, 9.17) is 0 Å². The summed E-state index contributed by atoms with van der Waals surface area (Å²) in [4.78, 5) is 0. The van der Waals surface area contributed by atoms with Gasteiger partial charge >= 0.3 is 0 Å². The minimum Gasteiger partial charge on any atom is -0.317 e. The van der Waals surface area contributed by atoms with Gasteiger partial charge in [0.1, 0.15) is 0 Å². The van der Waals surface area contributed by atoms with Crippen molar-refractivity contribution < 1.29 is 0 Å². The maximum Gasteiger partial charge on any atom is 0.00920 e. The predicted octanol–water partition coefficient (Wildman–Crippen LogP) is 2.56. The van der Waals surface area contributed by atoms with Gasteiger partial charge in [0.2, 0.25) is 0 Å². The molecule has 1 N–H and O–H groups in total. The summed E-state index contributed by atoms with van der Waals surface area (Å²) in [5.74, 6) is 0. The van der Waals surface area contributed by atoms with Crippen LogP contribution in [-0.2, 0) is 0 Å². The highest BCUT2D eigenvalue weighted by atomic mass is 14.9. The first-order chi connectivity index (χ1) is 5.25. The van der Waals surface area contributed by atoms with Crippen LogP contribution in [0.5, 0.6) is 0 Å². The van der Waals surface area contributed by atoms with Crippen LogP contribution in [0.3, 0.4) is 0 Å². The molecule has 0 amide bonds. The van der Waals surface area contributed by atoms with E-state index < -0.39 is 0 Å². The molecular formula is C10H21N. The SMILES string of the molecule is CCC1(C(C)NC)CCCC1. The molecule has 1 heteroatoms. The van der Waals surface area contributed by atoms with Crippen LogP contribution in [0.25, 0.3) is 0 Å². The Labute approximate surface area is 70.6 Å². The van der Waals surface area contributed by atoms with Gasteiger partial charge in [0, 0.05) is 6.04 Å². The van der Waals surface area contributed by atoms with Crippen LogP contribution in [0.2, 0.25) is 0 Å². The van der Waals surface area contributed by atoms with Gasteiger partial charge in [-0.15, -0.1) is 0 Å². The lowest BCUT2D eigenvalue weighted by Gasteiger charge is -2.34. The monoisotopic (exact) mass is 155 g/mol. The third-order valence-corrected chi connectivity index (χ3v) is 3.66.